The van der Waals surface area contributed by atoms with Crippen molar-refractivity contribution in [1.29, 1.82) is 0 Å². The van der Waals surface area contributed by atoms with Crippen LogP contribution in [-0.4, -0.2) is 19.8 Å². The van der Waals surface area contributed by atoms with Crippen molar-refractivity contribution < 1.29 is 9.13 Å². The summed E-state index contributed by atoms with van der Waals surface area (Å²) in [7, 11) is -0.416. The van der Waals surface area contributed by atoms with E-state index in [0.717, 1.165) is 33.4 Å². The van der Waals surface area contributed by atoms with Crippen LogP contribution in [0.1, 0.15) is 43.0 Å². The third-order valence-electron chi connectivity index (χ3n) is 6.50. The Labute approximate surface area is 187 Å². The molecule has 0 saturated carbocycles. The molecule has 162 valence electrons. The minimum Gasteiger partial charge on any atom is -0.497 e. The molecule has 0 bridgehead atoms. The minimum absolute atomic E-state index is 0.0496. The third kappa shape index (κ3) is 4.33. The Hall–Kier alpha value is -2.77. The van der Waals surface area contributed by atoms with E-state index < -0.39 is 8.07 Å². The summed E-state index contributed by atoms with van der Waals surface area (Å²) in [4.78, 5) is 0. The normalized spacial score (nSPS) is 11.8. The van der Waals surface area contributed by atoms with Crippen LogP contribution < -0.4 is 10.1 Å². The maximum absolute atomic E-state index is 16.0. The smallest absolute Gasteiger partial charge is 0.213 e. The van der Waals surface area contributed by atoms with Crippen LogP contribution in [0.5, 0.6) is 5.75 Å². The molecule has 2 aromatic carbocycles. The summed E-state index contributed by atoms with van der Waals surface area (Å²) in [6.45, 7) is 15.4. The standard InChI is InChI=1S/C27H32FNOSi/c1-19-16-23(30-6)17-20(2)25(19)29-24(31(7,8)27(3,4)5)18-22(26(29)28)15-14-21-12-10-9-11-13-21/h9-13,16-18H,1-8H3. The molecule has 0 aliphatic carbocycles. The van der Waals surface area contributed by atoms with Crippen LogP contribution in [0.15, 0.2) is 48.5 Å². The van der Waals surface area contributed by atoms with E-state index in [1.165, 1.54) is 0 Å². The van der Waals surface area contributed by atoms with Crippen molar-refractivity contribution >= 4 is 13.4 Å². The van der Waals surface area contributed by atoms with Gasteiger partial charge in [0.1, 0.15) is 13.8 Å². The lowest BCUT2D eigenvalue weighted by Crippen LogP contribution is -2.52. The number of hydrogen-bond donors (Lipinski definition) is 0. The quantitative estimate of drug-likeness (QED) is 0.346. The van der Waals surface area contributed by atoms with Crippen molar-refractivity contribution in [2.75, 3.05) is 7.11 Å². The maximum atomic E-state index is 16.0. The molecule has 0 spiro atoms. The van der Waals surface area contributed by atoms with E-state index in [9.17, 15) is 0 Å². The topological polar surface area (TPSA) is 14.2 Å². The molecular formula is C27H32FNOSi. The fourth-order valence-electron chi connectivity index (χ4n) is 3.69. The minimum atomic E-state index is -2.07. The molecule has 0 saturated heterocycles. The molecule has 1 heterocycles. The van der Waals surface area contributed by atoms with E-state index in [1.807, 2.05) is 66.9 Å². The van der Waals surface area contributed by atoms with Gasteiger partial charge < -0.3 is 4.74 Å². The van der Waals surface area contributed by atoms with E-state index in [1.54, 1.807) is 7.11 Å². The molecule has 31 heavy (non-hydrogen) atoms. The van der Waals surface area contributed by atoms with Crippen LogP contribution in [-0.2, 0) is 0 Å². The van der Waals surface area contributed by atoms with Gasteiger partial charge in [-0.1, -0.05) is 63.9 Å². The lowest BCUT2D eigenvalue weighted by molar-refractivity contribution is 0.414. The van der Waals surface area contributed by atoms with Gasteiger partial charge in [-0.2, -0.15) is 4.39 Å². The summed E-state index contributed by atoms with van der Waals surface area (Å²) in [5, 5.41) is 1.10. The Morgan fingerprint density at radius 2 is 1.52 bits per heavy atom. The molecule has 4 heteroatoms. The number of hydrogen-bond acceptors (Lipinski definition) is 1. The molecule has 0 N–H and O–H groups in total. The average Bonchev–Trinajstić information content (AvgIpc) is 3.02. The maximum Gasteiger partial charge on any atom is 0.213 e. The monoisotopic (exact) mass is 433 g/mol. The fourth-order valence-corrected chi connectivity index (χ4v) is 5.73. The number of nitrogens with zero attached hydrogens (tertiary/aromatic N) is 1. The van der Waals surface area contributed by atoms with E-state index in [0.29, 0.717) is 5.56 Å². The van der Waals surface area contributed by atoms with Gasteiger partial charge in [0.25, 0.3) is 0 Å². The van der Waals surface area contributed by atoms with Gasteiger partial charge in [-0.05, 0) is 60.3 Å². The zero-order chi connectivity index (χ0) is 23.0. The van der Waals surface area contributed by atoms with Crippen LogP contribution >= 0.6 is 0 Å². The van der Waals surface area contributed by atoms with Crippen LogP contribution in [0.3, 0.4) is 0 Å². The van der Waals surface area contributed by atoms with Gasteiger partial charge in [0, 0.05) is 10.9 Å². The first kappa shape index (κ1) is 22.9. The molecule has 0 radical (unpaired) electrons. The van der Waals surface area contributed by atoms with E-state index >= 15 is 4.39 Å². The number of ether oxygens (including phenoxy) is 1. The summed E-state index contributed by atoms with van der Waals surface area (Å²) in [5.74, 6) is 6.71. The summed E-state index contributed by atoms with van der Waals surface area (Å²) >= 11 is 0. The van der Waals surface area contributed by atoms with Crippen LogP contribution in [0.4, 0.5) is 4.39 Å². The Morgan fingerprint density at radius 1 is 0.935 bits per heavy atom. The number of benzene rings is 2. The molecule has 0 atom stereocenters. The summed E-state index contributed by atoms with van der Waals surface area (Å²) in [6.07, 6.45) is 0. The van der Waals surface area contributed by atoms with E-state index in [-0.39, 0.29) is 11.0 Å². The molecule has 3 rings (SSSR count). The first-order chi connectivity index (χ1) is 14.5. The molecule has 0 amide bonds. The Morgan fingerprint density at radius 3 is 2.03 bits per heavy atom. The van der Waals surface area contributed by atoms with Crippen molar-refractivity contribution in [3.8, 4) is 23.3 Å². The Balaban J connectivity index is 2.30. The van der Waals surface area contributed by atoms with Crippen molar-refractivity contribution in [3.05, 3.63) is 76.7 Å². The average molecular weight is 434 g/mol. The SMILES string of the molecule is COc1cc(C)c(-n2c([Si](C)(C)C(C)(C)C)cc(C#Cc3ccccc3)c2F)c(C)c1. The molecule has 0 aliphatic rings. The van der Waals surface area contributed by atoms with Gasteiger partial charge in [0.2, 0.25) is 5.95 Å². The van der Waals surface area contributed by atoms with Crippen LogP contribution in [0.25, 0.3) is 5.69 Å². The van der Waals surface area contributed by atoms with Gasteiger partial charge in [-0.3, -0.25) is 4.57 Å². The zero-order valence-electron chi connectivity index (χ0n) is 19.9. The fraction of sp³-hybridized carbons (Fsp3) is 0.333. The molecule has 1 aromatic heterocycles. The highest BCUT2D eigenvalue weighted by Gasteiger charge is 2.41. The second-order valence-corrected chi connectivity index (χ2v) is 14.9. The lowest BCUT2D eigenvalue weighted by Gasteiger charge is -2.38. The van der Waals surface area contributed by atoms with Gasteiger partial charge in [0.05, 0.1) is 18.4 Å². The van der Waals surface area contributed by atoms with Crippen LogP contribution in [0, 0.1) is 31.6 Å². The molecule has 0 fully saturated rings. The van der Waals surface area contributed by atoms with Crippen LogP contribution in [0.2, 0.25) is 18.1 Å². The van der Waals surface area contributed by atoms with Gasteiger partial charge in [-0.25, -0.2) is 0 Å². The highest BCUT2D eigenvalue weighted by Crippen LogP contribution is 2.37. The van der Waals surface area contributed by atoms with Crippen molar-refractivity contribution in [2.24, 2.45) is 0 Å². The first-order valence-electron chi connectivity index (χ1n) is 10.6. The van der Waals surface area contributed by atoms with Crippen molar-refractivity contribution in [2.45, 2.75) is 52.8 Å². The number of aryl methyl sites for hydroxylation is 2. The van der Waals surface area contributed by atoms with E-state index in [4.69, 9.17) is 4.74 Å². The number of methoxy groups -OCH3 is 1. The predicted octanol–water partition coefficient (Wildman–Crippen LogP) is 6.36. The predicted molar refractivity (Wildman–Crippen MR) is 131 cm³/mol. The van der Waals surface area contributed by atoms with Crippen molar-refractivity contribution in [1.82, 2.24) is 4.57 Å². The third-order valence-corrected chi connectivity index (χ3v) is 11.9. The number of halogens is 1. The van der Waals surface area contributed by atoms with Gasteiger partial charge >= 0.3 is 0 Å². The van der Waals surface area contributed by atoms with Gasteiger partial charge in [0.15, 0.2) is 0 Å². The summed E-state index contributed by atoms with van der Waals surface area (Å²) < 4.78 is 23.2. The summed E-state index contributed by atoms with van der Waals surface area (Å²) in [6, 6.07) is 15.6. The van der Waals surface area contributed by atoms with Crippen molar-refractivity contribution in [3.63, 3.8) is 0 Å². The largest absolute Gasteiger partial charge is 0.497 e. The Kier molecular flexibility index (Phi) is 6.20. The van der Waals surface area contributed by atoms with Gasteiger partial charge in [-0.15, -0.1) is 0 Å². The molecular weight excluding hydrogens is 401 g/mol. The number of aromatic nitrogens is 1. The highest BCUT2D eigenvalue weighted by molar-refractivity contribution is 6.91. The molecule has 3 aromatic rings. The summed E-state index contributed by atoms with van der Waals surface area (Å²) in [5.41, 5.74) is 4.16. The highest BCUT2D eigenvalue weighted by atomic mass is 28.3. The van der Waals surface area contributed by atoms with E-state index in [2.05, 4.69) is 45.7 Å². The Bertz CT molecular complexity index is 1130. The lowest BCUT2D eigenvalue weighted by atomic mass is 10.1. The molecule has 2 nitrogen and oxygen atoms in total. The second kappa shape index (κ2) is 8.40. The molecule has 0 aliphatic heterocycles. The molecule has 0 unspecified atom stereocenters. The first-order valence-corrected chi connectivity index (χ1v) is 13.6. The number of rotatable bonds is 3. The second-order valence-electron chi connectivity index (χ2n) is 9.67. The zero-order valence-corrected chi connectivity index (χ0v) is 20.9.